The molecule has 0 radical (unpaired) electrons. The van der Waals surface area contributed by atoms with Gasteiger partial charge in [0.15, 0.2) is 0 Å². The van der Waals surface area contributed by atoms with E-state index in [1.54, 1.807) is 7.11 Å². The number of aromatic amines is 1. The number of ether oxygens (including phenoxy) is 1. The molecule has 0 fully saturated rings. The monoisotopic (exact) mass is 285 g/mol. The molecule has 1 atom stereocenters. The van der Waals surface area contributed by atoms with E-state index in [9.17, 15) is 0 Å². The zero-order chi connectivity index (χ0) is 15.1. The maximum atomic E-state index is 5.49. The third-order valence-electron chi connectivity index (χ3n) is 3.28. The van der Waals surface area contributed by atoms with Gasteiger partial charge in [-0.3, -0.25) is 0 Å². The Morgan fingerprint density at radius 3 is 2.71 bits per heavy atom. The number of aromatic nitrogens is 2. The number of aryl methyl sites for hydroxylation is 1. The van der Waals surface area contributed by atoms with Crippen LogP contribution in [0.4, 0.5) is 0 Å². The number of nitrogens with zero attached hydrogens (tertiary/aromatic N) is 2. The van der Waals surface area contributed by atoms with Crippen LogP contribution in [-0.2, 0) is 17.7 Å². The summed E-state index contributed by atoms with van der Waals surface area (Å²) in [6.07, 6.45) is 6.75. The molecule has 2 rings (SSSR count). The normalized spacial score (nSPS) is 12.7. The van der Waals surface area contributed by atoms with Crippen LogP contribution in [0.15, 0.2) is 48.8 Å². The number of hydrogen-bond donors (Lipinski definition) is 1. The standard InChI is InChI=1S/C17H23N3O/c1-14-12-18-17(19-14)11-16(21-3)9-10-20(2)13-15-7-5-4-6-8-15/h4-10,12,16H,11,13H2,1-3H3,(H,18,19)/b10-9-. The van der Waals surface area contributed by atoms with E-state index in [2.05, 4.69) is 58.5 Å². The molecule has 112 valence electrons. The van der Waals surface area contributed by atoms with Crippen molar-refractivity contribution in [1.82, 2.24) is 14.9 Å². The van der Waals surface area contributed by atoms with E-state index < -0.39 is 0 Å². The van der Waals surface area contributed by atoms with Gasteiger partial charge in [-0.25, -0.2) is 4.98 Å². The number of hydrogen-bond acceptors (Lipinski definition) is 3. The smallest absolute Gasteiger partial charge is 0.109 e. The predicted molar refractivity (Wildman–Crippen MR) is 84.9 cm³/mol. The Labute approximate surface area is 126 Å². The molecular formula is C17H23N3O. The lowest BCUT2D eigenvalue weighted by molar-refractivity contribution is 0.138. The molecule has 0 spiro atoms. The number of imidazole rings is 1. The lowest BCUT2D eigenvalue weighted by atomic mass is 10.2. The van der Waals surface area contributed by atoms with Crippen LogP contribution in [0.5, 0.6) is 0 Å². The Hall–Kier alpha value is -2.07. The third-order valence-corrected chi connectivity index (χ3v) is 3.28. The second-order valence-corrected chi connectivity index (χ2v) is 5.23. The number of benzene rings is 1. The zero-order valence-corrected chi connectivity index (χ0v) is 12.9. The van der Waals surface area contributed by atoms with Crippen LogP contribution in [0.3, 0.4) is 0 Å². The van der Waals surface area contributed by atoms with Crippen molar-refractivity contribution in [1.29, 1.82) is 0 Å². The molecule has 1 aromatic heterocycles. The Kier molecular flexibility index (Phi) is 5.58. The molecule has 1 aromatic carbocycles. The quantitative estimate of drug-likeness (QED) is 0.850. The van der Waals surface area contributed by atoms with Crippen molar-refractivity contribution in [3.05, 3.63) is 65.9 Å². The van der Waals surface area contributed by atoms with Gasteiger partial charge in [-0.1, -0.05) is 30.3 Å². The molecule has 2 aromatic rings. The van der Waals surface area contributed by atoms with Crippen molar-refractivity contribution < 1.29 is 4.74 Å². The second kappa shape index (κ2) is 7.64. The fourth-order valence-corrected chi connectivity index (χ4v) is 2.16. The molecule has 0 aliphatic carbocycles. The second-order valence-electron chi connectivity index (χ2n) is 5.23. The van der Waals surface area contributed by atoms with E-state index in [0.29, 0.717) is 0 Å². The van der Waals surface area contributed by atoms with Crippen molar-refractivity contribution in [2.75, 3.05) is 14.2 Å². The van der Waals surface area contributed by atoms with Gasteiger partial charge in [0.05, 0.1) is 6.10 Å². The molecule has 4 heteroatoms. The first-order valence-corrected chi connectivity index (χ1v) is 7.13. The van der Waals surface area contributed by atoms with Crippen molar-refractivity contribution >= 4 is 0 Å². The molecule has 21 heavy (non-hydrogen) atoms. The topological polar surface area (TPSA) is 41.1 Å². The molecule has 0 saturated carbocycles. The summed E-state index contributed by atoms with van der Waals surface area (Å²) in [5.41, 5.74) is 2.37. The molecule has 0 aliphatic rings. The predicted octanol–water partition coefficient (Wildman–Crippen LogP) is 2.92. The highest BCUT2D eigenvalue weighted by molar-refractivity contribution is 5.14. The van der Waals surface area contributed by atoms with Gasteiger partial charge >= 0.3 is 0 Å². The molecule has 4 nitrogen and oxygen atoms in total. The van der Waals surface area contributed by atoms with Gasteiger partial charge in [0.2, 0.25) is 0 Å². The Bertz CT molecular complexity index is 562. The maximum Gasteiger partial charge on any atom is 0.109 e. The largest absolute Gasteiger partial charge is 0.377 e. The van der Waals surface area contributed by atoms with E-state index in [1.807, 2.05) is 19.2 Å². The van der Waals surface area contributed by atoms with Crippen LogP contribution in [0.25, 0.3) is 0 Å². The zero-order valence-electron chi connectivity index (χ0n) is 12.9. The lowest BCUT2D eigenvalue weighted by Gasteiger charge is -2.16. The Balaban J connectivity index is 1.88. The van der Waals surface area contributed by atoms with Gasteiger partial charge in [-0.15, -0.1) is 0 Å². The van der Waals surface area contributed by atoms with Gasteiger partial charge in [0.25, 0.3) is 0 Å². The van der Waals surface area contributed by atoms with Crippen LogP contribution < -0.4 is 0 Å². The fourth-order valence-electron chi connectivity index (χ4n) is 2.16. The summed E-state index contributed by atoms with van der Waals surface area (Å²) in [5.74, 6) is 0.953. The highest BCUT2D eigenvalue weighted by atomic mass is 16.5. The lowest BCUT2D eigenvalue weighted by Crippen LogP contribution is -2.15. The van der Waals surface area contributed by atoms with Crippen LogP contribution in [-0.4, -0.2) is 35.1 Å². The van der Waals surface area contributed by atoms with Gasteiger partial charge < -0.3 is 14.6 Å². The highest BCUT2D eigenvalue weighted by Crippen LogP contribution is 2.06. The minimum absolute atomic E-state index is 0.0220. The summed E-state index contributed by atoms with van der Waals surface area (Å²) in [4.78, 5) is 9.69. The summed E-state index contributed by atoms with van der Waals surface area (Å²) in [5, 5.41) is 0. The number of H-pyrrole nitrogens is 1. The molecular weight excluding hydrogens is 262 g/mol. The number of nitrogens with one attached hydrogen (secondary N) is 1. The molecule has 0 amide bonds. The van der Waals surface area contributed by atoms with Gasteiger partial charge in [-0.05, 0) is 24.8 Å². The summed E-state index contributed by atoms with van der Waals surface area (Å²) in [6, 6.07) is 10.4. The minimum atomic E-state index is 0.0220. The van der Waals surface area contributed by atoms with Crippen molar-refractivity contribution in [2.45, 2.75) is 26.0 Å². The van der Waals surface area contributed by atoms with Crippen LogP contribution in [0, 0.1) is 6.92 Å². The SMILES string of the molecule is COC(/C=C\N(C)Cc1ccccc1)Cc1ncc(C)[nH]1. The number of methoxy groups -OCH3 is 1. The van der Waals surface area contributed by atoms with Crippen molar-refractivity contribution in [2.24, 2.45) is 0 Å². The first-order chi connectivity index (χ1) is 10.2. The Morgan fingerprint density at radius 2 is 2.10 bits per heavy atom. The van der Waals surface area contributed by atoms with Gasteiger partial charge in [0, 0.05) is 39.0 Å². The summed E-state index contributed by atoms with van der Waals surface area (Å²) in [7, 11) is 3.79. The van der Waals surface area contributed by atoms with Gasteiger partial charge in [0.1, 0.15) is 5.82 Å². The van der Waals surface area contributed by atoms with E-state index >= 15 is 0 Å². The number of rotatable bonds is 7. The molecule has 0 bridgehead atoms. The first-order valence-electron chi connectivity index (χ1n) is 7.13. The highest BCUT2D eigenvalue weighted by Gasteiger charge is 2.07. The van der Waals surface area contributed by atoms with E-state index in [-0.39, 0.29) is 6.10 Å². The first kappa shape index (κ1) is 15.3. The van der Waals surface area contributed by atoms with Gasteiger partial charge in [-0.2, -0.15) is 0 Å². The fraction of sp³-hybridized carbons (Fsp3) is 0.353. The summed E-state index contributed by atoms with van der Waals surface area (Å²) >= 11 is 0. The Morgan fingerprint density at radius 1 is 1.33 bits per heavy atom. The maximum absolute atomic E-state index is 5.49. The third kappa shape index (κ3) is 5.08. The molecule has 1 heterocycles. The van der Waals surface area contributed by atoms with Crippen molar-refractivity contribution in [3.8, 4) is 0 Å². The summed E-state index contributed by atoms with van der Waals surface area (Å²) in [6.45, 7) is 2.88. The van der Waals surface area contributed by atoms with Crippen LogP contribution in [0.2, 0.25) is 0 Å². The van der Waals surface area contributed by atoms with E-state index in [4.69, 9.17) is 4.74 Å². The average molecular weight is 285 g/mol. The molecule has 0 saturated heterocycles. The minimum Gasteiger partial charge on any atom is -0.377 e. The average Bonchev–Trinajstić information content (AvgIpc) is 2.89. The van der Waals surface area contributed by atoms with E-state index in [1.165, 1.54) is 5.56 Å². The van der Waals surface area contributed by atoms with Crippen LogP contribution >= 0.6 is 0 Å². The van der Waals surface area contributed by atoms with Crippen LogP contribution in [0.1, 0.15) is 17.1 Å². The molecule has 1 N–H and O–H groups in total. The van der Waals surface area contributed by atoms with Crippen molar-refractivity contribution in [3.63, 3.8) is 0 Å². The van der Waals surface area contributed by atoms with E-state index in [0.717, 1.165) is 24.5 Å². The molecule has 0 aliphatic heterocycles. The molecule has 1 unspecified atom stereocenters. The summed E-state index contributed by atoms with van der Waals surface area (Å²) < 4.78 is 5.49.